The number of para-hydroxylation sites is 1. The van der Waals surface area contributed by atoms with Crippen molar-refractivity contribution in [2.75, 3.05) is 5.32 Å². The van der Waals surface area contributed by atoms with Gasteiger partial charge in [0.25, 0.3) is 5.70 Å². The van der Waals surface area contributed by atoms with E-state index >= 15 is 0 Å². The lowest BCUT2D eigenvalue weighted by atomic mass is 10.1. The third-order valence-corrected chi connectivity index (χ3v) is 5.00. The Kier molecular flexibility index (Phi) is 6.65. The Balaban J connectivity index is 2.12. The van der Waals surface area contributed by atoms with Crippen LogP contribution in [0.4, 0.5) is 5.69 Å². The number of rotatable bonds is 5. The molecule has 0 saturated heterocycles. The first-order valence-corrected chi connectivity index (χ1v) is 9.52. The third kappa shape index (κ3) is 4.69. The van der Waals surface area contributed by atoms with Crippen molar-refractivity contribution in [2.24, 2.45) is 0 Å². The predicted octanol–water partition coefficient (Wildman–Crippen LogP) is 5.10. The quantitative estimate of drug-likeness (QED) is 0.227. The van der Waals surface area contributed by atoms with Crippen molar-refractivity contribution in [1.82, 2.24) is 0 Å². The molecule has 0 radical (unpaired) electrons. The molecule has 3 aromatic rings. The zero-order chi connectivity index (χ0) is 20.1. The van der Waals surface area contributed by atoms with E-state index in [2.05, 4.69) is 5.32 Å². The predicted molar refractivity (Wildman–Crippen MR) is 117 cm³/mol. The number of pyridine rings is 1. The number of aliphatic hydroxyl groups is 2. The molecule has 0 bridgehead atoms. The summed E-state index contributed by atoms with van der Waals surface area (Å²) in [5.41, 5.74) is 2.26. The maximum Gasteiger partial charge on any atom is 0.288 e. The van der Waals surface area contributed by atoms with Crippen molar-refractivity contribution in [1.29, 1.82) is 0 Å². The van der Waals surface area contributed by atoms with Crippen LogP contribution < -0.4 is 9.88 Å². The Bertz CT molecular complexity index is 1040. The summed E-state index contributed by atoms with van der Waals surface area (Å²) in [5, 5.41) is 24.3. The summed E-state index contributed by atoms with van der Waals surface area (Å²) in [6.45, 7) is -0.138. The summed E-state index contributed by atoms with van der Waals surface area (Å²) < 4.78 is 1.65. The van der Waals surface area contributed by atoms with Gasteiger partial charge in [-0.1, -0.05) is 53.6 Å². The summed E-state index contributed by atoms with van der Waals surface area (Å²) in [7, 11) is 0. The van der Waals surface area contributed by atoms with Gasteiger partial charge in [0.15, 0.2) is 23.1 Å². The second-order valence-electron chi connectivity index (χ2n) is 5.92. The highest BCUT2D eigenvalue weighted by Crippen LogP contribution is 2.27. The number of hydrogen-bond donors (Lipinski definition) is 3. The summed E-state index contributed by atoms with van der Waals surface area (Å²) in [6, 6.07) is 17.8. The van der Waals surface area contributed by atoms with E-state index in [4.69, 9.17) is 35.4 Å². The van der Waals surface area contributed by atoms with E-state index in [0.717, 1.165) is 5.69 Å². The number of aliphatic hydroxyl groups excluding tert-OH is 2. The van der Waals surface area contributed by atoms with E-state index in [0.29, 0.717) is 31.9 Å². The molecule has 0 fully saturated rings. The Labute approximate surface area is 178 Å². The topological polar surface area (TPSA) is 56.4 Å². The first-order valence-electron chi connectivity index (χ1n) is 8.36. The fourth-order valence-corrected chi connectivity index (χ4v) is 3.21. The summed E-state index contributed by atoms with van der Waals surface area (Å²) in [6.07, 6.45) is 3.43. The fraction of sp³-hybridized carbons (Fsp3) is 0.0476. The van der Waals surface area contributed by atoms with Gasteiger partial charge in [-0.25, -0.2) is 0 Å². The molecule has 0 aliphatic rings. The average Bonchev–Trinajstić information content (AvgIpc) is 2.71. The monoisotopic (exact) mass is 431 g/mol. The minimum absolute atomic E-state index is 0.0768. The normalized spacial score (nSPS) is 11.7. The van der Waals surface area contributed by atoms with Crippen LogP contribution >= 0.6 is 35.4 Å². The van der Waals surface area contributed by atoms with Crippen LogP contribution in [-0.4, -0.2) is 15.2 Å². The van der Waals surface area contributed by atoms with Gasteiger partial charge in [-0.2, -0.15) is 4.57 Å². The smallest absolute Gasteiger partial charge is 0.288 e. The number of thiocarbonyl (C=S) groups is 1. The fourth-order valence-electron chi connectivity index (χ4n) is 2.60. The number of aromatic nitrogens is 1. The highest BCUT2D eigenvalue weighted by molar-refractivity contribution is 7.81. The van der Waals surface area contributed by atoms with Crippen LogP contribution in [0.25, 0.3) is 11.5 Å². The maximum absolute atomic E-state index is 11.0. The number of benzene rings is 2. The van der Waals surface area contributed by atoms with E-state index < -0.39 is 0 Å². The Morgan fingerprint density at radius 1 is 1.00 bits per heavy atom. The number of anilines is 1. The van der Waals surface area contributed by atoms with E-state index in [-0.39, 0.29) is 12.4 Å². The van der Waals surface area contributed by atoms with Crippen LogP contribution in [0.3, 0.4) is 0 Å². The lowest BCUT2D eigenvalue weighted by Gasteiger charge is -2.11. The number of hydrogen-bond acceptors (Lipinski definition) is 3. The van der Waals surface area contributed by atoms with Crippen molar-refractivity contribution in [3.05, 3.63) is 94.2 Å². The molecule has 2 aromatic carbocycles. The van der Waals surface area contributed by atoms with Gasteiger partial charge in [-0.3, -0.25) is 0 Å². The van der Waals surface area contributed by atoms with Gasteiger partial charge in [-0.15, -0.1) is 0 Å². The number of nitrogens with one attached hydrogen (secondary N) is 1. The second kappa shape index (κ2) is 9.17. The molecule has 142 valence electrons. The molecule has 1 aromatic heterocycles. The van der Waals surface area contributed by atoms with Gasteiger partial charge in [0.2, 0.25) is 0 Å². The van der Waals surface area contributed by atoms with E-state index in [1.54, 1.807) is 47.3 Å². The standard InChI is InChI=1S/C21H16Cl2N2O2S/c22-17-9-8-15(11-18(17)23)20(27)19(25-10-4-5-14(12-25)13-26)21(28)24-16-6-2-1-3-7-16/h1-12,26H,13H2,(H-,24,27,28)/p+1. The van der Waals surface area contributed by atoms with Crippen LogP contribution in [0, 0.1) is 0 Å². The van der Waals surface area contributed by atoms with E-state index in [1.165, 1.54) is 0 Å². The van der Waals surface area contributed by atoms with Gasteiger partial charge in [-0.05, 0) is 36.4 Å². The molecule has 0 saturated carbocycles. The molecule has 0 spiro atoms. The minimum atomic E-state index is -0.138. The average molecular weight is 432 g/mol. The molecule has 0 aliphatic carbocycles. The van der Waals surface area contributed by atoms with Crippen molar-refractivity contribution >= 4 is 57.6 Å². The molecule has 1 heterocycles. The van der Waals surface area contributed by atoms with Crippen LogP contribution in [0.5, 0.6) is 0 Å². The molecule has 7 heteroatoms. The van der Waals surface area contributed by atoms with Gasteiger partial charge in [0.1, 0.15) is 0 Å². The first-order chi connectivity index (χ1) is 13.5. The summed E-state index contributed by atoms with van der Waals surface area (Å²) >= 11 is 17.7. The van der Waals surface area contributed by atoms with Gasteiger partial charge in [0, 0.05) is 22.9 Å². The zero-order valence-corrected chi connectivity index (χ0v) is 17.0. The van der Waals surface area contributed by atoms with Gasteiger partial charge in [0.05, 0.1) is 16.7 Å². The largest absolute Gasteiger partial charge is 0.502 e. The maximum atomic E-state index is 11.0. The summed E-state index contributed by atoms with van der Waals surface area (Å²) in [4.78, 5) is 0.301. The highest BCUT2D eigenvalue weighted by Gasteiger charge is 2.24. The second-order valence-corrected chi connectivity index (χ2v) is 7.15. The molecule has 28 heavy (non-hydrogen) atoms. The molecule has 0 atom stereocenters. The molecule has 3 rings (SSSR count). The minimum Gasteiger partial charge on any atom is -0.502 e. The molecule has 4 nitrogen and oxygen atoms in total. The molecule has 0 unspecified atom stereocenters. The number of halogens is 2. The molecule has 0 aliphatic heterocycles. The number of nitrogens with zero attached hydrogens (tertiary/aromatic N) is 1. The SMILES string of the molecule is OCc1ccc[n+](/C(C(=S)Nc2ccccc2)=C(/O)c2ccc(Cl)c(Cl)c2)c1. The van der Waals surface area contributed by atoms with Crippen molar-refractivity contribution in [3.63, 3.8) is 0 Å². The summed E-state index contributed by atoms with van der Waals surface area (Å²) in [5.74, 6) is -0.0768. The lowest BCUT2D eigenvalue weighted by molar-refractivity contribution is -0.576. The van der Waals surface area contributed by atoms with E-state index in [1.807, 2.05) is 30.3 Å². The van der Waals surface area contributed by atoms with Gasteiger partial charge < -0.3 is 15.5 Å². The lowest BCUT2D eigenvalue weighted by Crippen LogP contribution is -2.39. The van der Waals surface area contributed by atoms with Crippen LogP contribution in [0.1, 0.15) is 11.1 Å². The van der Waals surface area contributed by atoms with Crippen LogP contribution in [-0.2, 0) is 6.61 Å². The van der Waals surface area contributed by atoms with E-state index in [9.17, 15) is 10.2 Å². The van der Waals surface area contributed by atoms with Crippen molar-refractivity contribution in [2.45, 2.75) is 6.61 Å². The molecular formula is C21H17Cl2N2O2S+. The Hall–Kier alpha value is -2.44. The zero-order valence-electron chi connectivity index (χ0n) is 14.6. The van der Waals surface area contributed by atoms with Crippen LogP contribution in [0.2, 0.25) is 10.0 Å². The van der Waals surface area contributed by atoms with Crippen molar-refractivity contribution in [3.8, 4) is 0 Å². The molecule has 0 amide bonds. The molecule has 3 N–H and O–H groups in total. The third-order valence-electron chi connectivity index (χ3n) is 3.97. The first kappa shape index (κ1) is 20.3. The van der Waals surface area contributed by atoms with Gasteiger partial charge >= 0.3 is 0 Å². The highest BCUT2D eigenvalue weighted by atomic mass is 35.5. The molecular weight excluding hydrogens is 415 g/mol. The Morgan fingerprint density at radius 3 is 2.43 bits per heavy atom. The van der Waals surface area contributed by atoms with Crippen molar-refractivity contribution < 1.29 is 14.8 Å². The van der Waals surface area contributed by atoms with Crippen LogP contribution in [0.15, 0.2) is 73.1 Å². The Morgan fingerprint density at radius 2 is 1.75 bits per heavy atom.